The van der Waals surface area contributed by atoms with Crippen molar-refractivity contribution in [2.45, 2.75) is 13.3 Å². The predicted octanol–water partition coefficient (Wildman–Crippen LogP) is 6.11. The van der Waals surface area contributed by atoms with Gasteiger partial charge in [-0.05, 0) is 24.6 Å². The Kier molecular flexibility index (Phi) is 5.36. The Morgan fingerprint density at radius 2 is 1.93 bits per heavy atom. The molecule has 2 aromatic heterocycles. The van der Waals surface area contributed by atoms with Crippen LogP contribution in [0.25, 0.3) is 16.4 Å². The first-order valence-corrected chi connectivity index (χ1v) is 10.2. The summed E-state index contributed by atoms with van der Waals surface area (Å²) in [4.78, 5) is 15.5. The van der Waals surface area contributed by atoms with Gasteiger partial charge in [0.25, 0.3) is 5.69 Å². The average Bonchev–Trinajstić information content (AvgIpc) is 3.32. The number of aryl methyl sites for hydroxylation is 1. The Labute approximate surface area is 180 Å². The number of hydrogen-bond donors (Lipinski definition) is 0. The van der Waals surface area contributed by atoms with E-state index in [2.05, 4.69) is 10.1 Å². The van der Waals surface area contributed by atoms with Crippen molar-refractivity contribution < 1.29 is 4.92 Å². The second-order valence-corrected chi connectivity index (χ2v) is 8.04. The second-order valence-electron chi connectivity index (χ2n) is 6.39. The van der Waals surface area contributed by atoms with Crippen LogP contribution in [0.15, 0.2) is 54.0 Å². The number of halogens is 2. The van der Waals surface area contributed by atoms with E-state index < -0.39 is 0 Å². The van der Waals surface area contributed by atoms with Gasteiger partial charge in [0, 0.05) is 35.2 Å². The number of nitro benzene ring substituents is 1. The number of rotatable bonds is 5. The molecule has 4 rings (SSSR count). The van der Waals surface area contributed by atoms with Crippen molar-refractivity contribution in [2.24, 2.45) is 0 Å². The molecule has 0 saturated heterocycles. The molecule has 4 aromatic rings. The maximum absolute atomic E-state index is 11.3. The zero-order valence-corrected chi connectivity index (χ0v) is 17.5. The van der Waals surface area contributed by atoms with E-state index in [0.29, 0.717) is 27.2 Å². The van der Waals surface area contributed by atoms with E-state index in [9.17, 15) is 10.1 Å². The SMILES string of the molecule is Cc1nn(-c2nc(-c3ccc(Cl)c(Cl)c3)cs2)cc1Cc1ccccc1[N+](=O)[O-]. The molecular formula is C20H14Cl2N4O2S. The molecule has 0 aliphatic rings. The average molecular weight is 445 g/mol. The number of benzene rings is 2. The van der Waals surface area contributed by atoms with Gasteiger partial charge >= 0.3 is 0 Å². The maximum Gasteiger partial charge on any atom is 0.272 e. The maximum atomic E-state index is 11.3. The van der Waals surface area contributed by atoms with Crippen LogP contribution >= 0.6 is 34.5 Å². The molecule has 146 valence electrons. The highest BCUT2D eigenvalue weighted by molar-refractivity contribution is 7.12. The quantitative estimate of drug-likeness (QED) is 0.274. The third-order valence-corrected chi connectivity index (χ3v) is 6.04. The molecular weight excluding hydrogens is 431 g/mol. The first kappa shape index (κ1) is 19.6. The van der Waals surface area contributed by atoms with Crippen LogP contribution in [0, 0.1) is 17.0 Å². The Morgan fingerprint density at radius 3 is 2.69 bits per heavy atom. The topological polar surface area (TPSA) is 73.8 Å². The fourth-order valence-corrected chi connectivity index (χ4v) is 4.02. The Morgan fingerprint density at radius 1 is 1.14 bits per heavy atom. The molecule has 0 aliphatic carbocycles. The molecule has 2 aromatic carbocycles. The minimum atomic E-state index is -0.362. The molecule has 29 heavy (non-hydrogen) atoms. The smallest absolute Gasteiger partial charge is 0.258 e. The second kappa shape index (κ2) is 7.94. The van der Waals surface area contributed by atoms with Gasteiger partial charge in [-0.15, -0.1) is 11.3 Å². The number of hydrogen-bond acceptors (Lipinski definition) is 5. The number of aromatic nitrogens is 3. The summed E-state index contributed by atoms with van der Waals surface area (Å²) in [6.45, 7) is 1.88. The molecule has 0 saturated carbocycles. The lowest BCUT2D eigenvalue weighted by atomic mass is 10.0. The lowest BCUT2D eigenvalue weighted by Crippen LogP contribution is -1.96. The Bertz CT molecular complexity index is 1220. The van der Waals surface area contributed by atoms with E-state index in [4.69, 9.17) is 23.2 Å². The van der Waals surface area contributed by atoms with Crippen molar-refractivity contribution in [3.05, 3.63) is 91.0 Å². The Hall–Kier alpha value is -2.74. The van der Waals surface area contributed by atoms with Crippen molar-refractivity contribution in [2.75, 3.05) is 0 Å². The van der Waals surface area contributed by atoms with Crippen molar-refractivity contribution in [3.8, 4) is 16.4 Å². The van der Waals surface area contributed by atoms with Crippen LogP contribution < -0.4 is 0 Å². The van der Waals surface area contributed by atoms with Crippen LogP contribution in [0.5, 0.6) is 0 Å². The molecule has 0 bridgehead atoms. The summed E-state index contributed by atoms with van der Waals surface area (Å²) in [5.74, 6) is 0. The summed E-state index contributed by atoms with van der Waals surface area (Å²) in [6.07, 6.45) is 2.29. The van der Waals surface area contributed by atoms with Gasteiger partial charge in [0.05, 0.1) is 26.4 Å². The standard InChI is InChI=1S/C20H14Cl2N4O2S/c1-12-15(8-14-4-2-3-5-19(14)26(27)28)10-25(24-12)20-23-18(11-29-20)13-6-7-16(21)17(22)9-13/h2-7,9-11H,8H2,1H3. The fraction of sp³-hybridized carbons (Fsp3) is 0.100. The molecule has 0 spiro atoms. The van der Waals surface area contributed by atoms with E-state index in [1.54, 1.807) is 35.0 Å². The first-order chi connectivity index (χ1) is 13.9. The highest BCUT2D eigenvalue weighted by atomic mass is 35.5. The lowest BCUT2D eigenvalue weighted by molar-refractivity contribution is -0.385. The highest BCUT2D eigenvalue weighted by Gasteiger charge is 2.16. The third-order valence-electron chi connectivity index (χ3n) is 4.47. The van der Waals surface area contributed by atoms with Gasteiger partial charge in [0.2, 0.25) is 5.13 Å². The summed E-state index contributed by atoms with van der Waals surface area (Å²) in [5.41, 5.74) is 4.11. The normalized spacial score (nSPS) is 11.0. The number of para-hydroxylation sites is 1. The van der Waals surface area contributed by atoms with E-state index >= 15 is 0 Å². The van der Waals surface area contributed by atoms with E-state index in [0.717, 1.165) is 22.5 Å². The number of nitro groups is 1. The fourth-order valence-electron chi connectivity index (χ4n) is 2.97. The van der Waals surface area contributed by atoms with Crippen LogP contribution in [0.4, 0.5) is 5.69 Å². The Balaban J connectivity index is 1.63. The largest absolute Gasteiger partial charge is 0.272 e. The van der Waals surface area contributed by atoms with Crippen molar-refractivity contribution in [3.63, 3.8) is 0 Å². The minimum Gasteiger partial charge on any atom is -0.258 e. The van der Waals surface area contributed by atoms with Crippen LogP contribution in [-0.4, -0.2) is 19.7 Å². The molecule has 0 amide bonds. The zero-order chi connectivity index (χ0) is 20.5. The van der Waals surface area contributed by atoms with Crippen LogP contribution in [0.2, 0.25) is 10.0 Å². The monoisotopic (exact) mass is 444 g/mol. The van der Waals surface area contributed by atoms with E-state index in [1.807, 2.05) is 24.6 Å². The summed E-state index contributed by atoms with van der Waals surface area (Å²) < 4.78 is 1.70. The third kappa shape index (κ3) is 4.03. The molecule has 0 aliphatic heterocycles. The van der Waals surface area contributed by atoms with Gasteiger partial charge in [0.1, 0.15) is 0 Å². The molecule has 0 unspecified atom stereocenters. The summed E-state index contributed by atoms with van der Waals surface area (Å²) >= 11 is 13.5. The summed E-state index contributed by atoms with van der Waals surface area (Å²) in [6, 6.07) is 12.1. The minimum absolute atomic E-state index is 0.107. The lowest BCUT2D eigenvalue weighted by Gasteiger charge is -2.01. The van der Waals surface area contributed by atoms with Crippen LogP contribution in [-0.2, 0) is 6.42 Å². The van der Waals surface area contributed by atoms with Gasteiger partial charge in [-0.25, -0.2) is 9.67 Å². The van der Waals surface area contributed by atoms with Gasteiger partial charge in [-0.3, -0.25) is 10.1 Å². The predicted molar refractivity (Wildman–Crippen MR) is 115 cm³/mol. The molecule has 9 heteroatoms. The highest BCUT2D eigenvalue weighted by Crippen LogP contribution is 2.30. The van der Waals surface area contributed by atoms with Gasteiger partial charge in [0.15, 0.2) is 0 Å². The molecule has 0 fully saturated rings. The molecule has 0 atom stereocenters. The molecule has 2 heterocycles. The van der Waals surface area contributed by atoms with Crippen LogP contribution in [0.3, 0.4) is 0 Å². The van der Waals surface area contributed by atoms with Crippen molar-refractivity contribution in [1.29, 1.82) is 0 Å². The number of thiazole rings is 1. The van der Waals surface area contributed by atoms with Gasteiger partial charge in [-0.1, -0.05) is 47.5 Å². The van der Waals surface area contributed by atoms with Gasteiger partial charge in [-0.2, -0.15) is 5.10 Å². The van der Waals surface area contributed by atoms with Gasteiger partial charge < -0.3 is 0 Å². The number of nitrogens with zero attached hydrogens (tertiary/aromatic N) is 4. The van der Waals surface area contributed by atoms with Crippen molar-refractivity contribution in [1.82, 2.24) is 14.8 Å². The summed E-state index contributed by atoms with van der Waals surface area (Å²) in [5, 5.41) is 19.4. The summed E-state index contributed by atoms with van der Waals surface area (Å²) in [7, 11) is 0. The van der Waals surface area contributed by atoms with Crippen LogP contribution in [0.1, 0.15) is 16.8 Å². The molecule has 0 N–H and O–H groups in total. The van der Waals surface area contributed by atoms with E-state index in [-0.39, 0.29) is 10.6 Å². The molecule has 0 radical (unpaired) electrons. The first-order valence-electron chi connectivity index (χ1n) is 8.61. The zero-order valence-electron chi connectivity index (χ0n) is 15.2. The van der Waals surface area contributed by atoms with Crippen molar-refractivity contribution >= 4 is 40.2 Å². The van der Waals surface area contributed by atoms with E-state index in [1.165, 1.54) is 17.4 Å². The molecule has 6 nitrogen and oxygen atoms in total.